The van der Waals surface area contributed by atoms with E-state index < -0.39 is 0 Å². The van der Waals surface area contributed by atoms with Gasteiger partial charge in [-0.3, -0.25) is 0 Å². The zero-order valence-electron chi connectivity index (χ0n) is 12.0. The molecular weight excluding hydrogens is 267 g/mol. The highest BCUT2D eigenvalue weighted by Gasteiger charge is 2.15. The summed E-state index contributed by atoms with van der Waals surface area (Å²) in [5.74, 6) is 0.816. The summed E-state index contributed by atoms with van der Waals surface area (Å²) < 4.78 is 15.5. The second kappa shape index (κ2) is 5.20. The van der Waals surface area contributed by atoms with E-state index in [9.17, 15) is 9.50 Å². The van der Waals surface area contributed by atoms with E-state index >= 15 is 0 Å². The molecule has 3 rings (SSSR count). The number of rotatable bonds is 3. The van der Waals surface area contributed by atoms with Crippen molar-refractivity contribution in [2.75, 3.05) is 0 Å². The van der Waals surface area contributed by atoms with Crippen LogP contribution < -0.4 is 0 Å². The molecule has 0 bridgehead atoms. The molecule has 0 aliphatic carbocycles. The highest BCUT2D eigenvalue weighted by molar-refractivity contribution is 5.76. The Morgan fingerprint density at radius 3 is 2.67 bits per heavy atom. The van der Waals surface area contributed by atoms with Crippen LogP contribution in [0.4, 0.5) is 4.39 Å². The van der Waals surface area contributed by atoms with Crippen molar-refractivity contribution in [3.63, 3.8) is 0 Å². The third-order valence-electron chi connectivity index (χ3n) is 3.58. The van der Waals surface area contributed by atoms with Crippen molar-refractivity contribution in [2.45, 2.75) is 26.3 Å². The Morgan fingerprint density at radius 1 is 1.19 bits per heavy atom. The number of imidazole rings is 1. The van der Waals surface area contributed by atoms with Crippen LogP contribution in [-0.2, 0) is 6.42 Å². The monoisotopic (exact) mass is 284 g/mol. The third-order valence-corrected chi connectivity index (χ3v) is 3.58. The summed E-state index contributed by atoms with van der Waals surface area (Å²) >= 11 is 0. The number of benzene rings is 2. The first-order chi connectivity index (χ1) is 10.1. The van der Waals surface area contributed by atoms with Gasteiger partial charge in [-0.2, -0.15) is 0 Å². The Balaban J connectivity index is 2.14. The van der Waals surface area contributed by atoms with Crippen LogP contribution in [0.2, 0.25) is 0 Å². The van der Waals surface area contributed by atoms with Gasteiger partial charge in [0.1, 0.15) is 17.4 Å². The normalized spacial score (nSPS) is 11.4. The van der Waals surface area contributed by atoms with Crippen molar-refractivity contribution in [2.24, 2.45) is 0 Å². The Hall–Kier alpha value is -2.36. The van der Waals surface area contributed by atoms with Crippen LogP contribution in [0.25, 0.3) is 11.0 Å². The molecule has 0 aliphatic rings. The van der Waals surface area contributed by atoms with Gasteiger partial charge in [-0.1, -0.05) is 18.2 Å². The topological polar surface area (TPSA) is 38.0 Å². The van der Waals surface area contributed by atoms with Gasteiger partial charge in [0.25, 0.3) is 0 Å². The highest BCUT2D eigenvalue weighted by atomic mass is 19.1. The van der Waals surface area contributed by atoms with Crippen LogP contribution in [0.5, 0.6) is 5.75 Å². The zero-order valence-corrected chi connectivity index (χ0v) is 12.0. The number of phenolic OH excluding ortho intramolecular Hbond substituents is 1. The number of hydrogen-bond acceptors (Lipinski definition) is 2. The quantitative estimate of drug-likeness (QED) is 0.788. The lowest BCUT2D eigenvalue weighted by Gasteiger charge is -2.13. The van der Waals surface area contributed by atoms with Crippen molar-refractivity contribution in [1.29, 1.82) is 0 Å². The predicted molar refractivity (Wildman–Crippen MR) is 81.0 cm³/mol. The summed E-state index contributed by atoms with van der Waals surface area (Å²) in [5, 5.41) is 9.92. The molecule has 1 N–H and O–H groups in total. The summed E-state index contributed by atoms with van der Waals surface area (Å²) in [7, 11) is 0. The molecule has 108 valence electrons. The lowest BCUT2D eigenvalue weighted by atomic mass is 10.1. The van der Waals surface area contributed by atoms with Gasteiger partial charge in [-0.15, -0.1) is 0 Å². The van der Waals surface area contributed by atoms with E-state index in [-0.39, 0.29) is 17.6 Å². The minimum Gasteiger partial charge on any atom is -0.508 e. The van der Waals surface area contributed by atoms with Gasteiger partial charge < -0.3 is 9.67 Å². The van der Waals surface area contributed by atoms with Crippen LogP contribution >= 0.6 is 0 Å². The fourth-order valence-electron chi connectivity index (χ4n) is 2.65. The molecule has 4 heteroatoms. The molecule has 0 saturated heterocycles. The third kappa shape index (κ3) is 2.49. The Labute approximate surface area is 122 Å². The fraction of sp³-hybridized carbons (Fsp3) is 0.235. The van der Waals surface area contributed by atoms with Gasteiger partial charge in [0, 0.05) is 18.0 Å². The maximum atomic E-state index is 13.5. The number of fused-ring (bicyclic) bond motifs is 1. The number of halogens is 1. The molecule has 1 aromatic heterocycles. The van der Waals surface area contributed by atoms with Crippen LogP contribution in [0, 0.1) is 5.82 Å². The first kappa shape index (κ1) is 13.6. The van der Waals surface area contributed by atoms with Crippen molar-refractivity contribution in [3.8, 4) is 5.75 Å². The number of aromatic hydroxyl groups is 1. The SMILES string of the molecule is CC(C)n1c(Cc2ccccc2O)nc2ccc(F)cc21. The molecule has 0 spiro atoms. The molecule has 3 nitrogen and oxygen atoms in total. The van der Waals surface area contributed by atoms with E-state index in [2.05, 4.69) is 4.98 Å². The molecule has 3 aromatic rings. The zero-order chi connectivity index (χ0) is 15.0. The Kier molecular flexibility index (Phi) is 3.37. The molecule has 0 atom stereocenters. The van der Waals surface area contributed by atoms with Gasteiger partial charge in [-0.25, -0.2) is 9.37 Å². The van der Waals surface area contributed by atoms with Gasteiger partial charge >= 0.3 is 0 Å². The van der Waals surface area contributed by atoms with Crippen molar-refractivity contribution in [1.82, 2.24) is 9.55 Å². The van der Waals surface area contributed by atoms with Crippen molar-refractivity contribution in [3.05, 3.63) is 59.7 Å². The fourth-order valence-corrected chi connectivity index (χ4v) is 2.65. The molecule has 0 radical (unpaired) electrons. The number of nitrogens with zero attached hydrogens (tertiary/aromatic N) is 2. The lowest BCUT2D eigenvalue weighted by molar-refractivity contribution is 0.468. The number of phenols is 1. The highest BCUT2D eigenvalue weighted by Crippen LogP contribution is 2.26. The van der Waals surface area contributed by atoms with Gasteiger partial charge in [-0.05, 0) is 38.1 Å². The van der Waals surface area contributed by atoms with Crippen LogP contribution in [0.1, 0.15) is 31.3 Å². The molecule has 0 aliphatic heterocycles. The van der Waals surface area contributed by atoms with E-state index in [4.69, 9.17) is 0 Å². The van der Waals surface area contributed by atoms with Gasteiger partial charge in [0.05, 0.1) is 11.0 Å². The largest absolute Gasteiger partial charge is 0.508 e. The van der Waals surface area contributed by atoms with Crippen molar-refractivity contribution < 1.29 is 9.50 Å². The van der Waals surface area contributed by atoms with E-state index in [1.807, 2.05) is 30.5 Å². The van der Waals surface area contributed by atoms with Crippen LogP contribution in [0.15, 0.2) is 42.5 Å². The minimum absolute atomic E-state index is 0.164. The Morgan fingerprint density at radius 2 is 1.95 bits per heavy atom. The van der Waals surface area contributed by atoms with Crippen molar-refractivity contribution >= 4 is 11.0 Å². The van der Waals surface area contributed by atoms with Crippen LogP contribution in [-0.4, -0.2) is 14.7 Å². The second-order valence-corrected chi connectivity index (χ2v) is 5.43. The molecule has 0 fully saturated rings. The summed E-state index contributed by atoms with van der Waals surface area (Å²) in [4.78, 5) is 4.60. The lowest BCUT2D eigenvalue weighted by Crippen LogP contribution is -2.07. The van der Waals surface area contributed by atoms with E-state index in [0.717, 1.165) is 22.4 Å². The summed E-state index contributed by atoms with van der Waals surface area (Å²) in [5.41, 5.74) is 2.38. The molecular formula is C17H17FN2O. The van der Waals surface area contributed by atoms with Crippen LogP contribution in [0.3, 0.4) is 0 Å². The maximum absolute atomic E-state index is 13.5. The Bertz CT molecular complexity index is 793. The number of hydrogen-bond donors (Lipinski definition) is 1. The predicted octanol–water partition coefficient (Wildman–Crippen LogP) is 4.05. The van der Waals surface area contributed by atoms with E-state index in [1.165, 1.54) is 12.1 Å². The van der Waals surface area contributed by atoms with Gasteiger partial charge in [0.2, 0.25) is 0 Å². The average molecular weight is 284 g/mol. The van der Waals surface area contributed by atoms with E-state index in [0.29, 0.717) is 6.42 Å². The summed E-state index contributed by atoms with van der Waals surface area (Å²) in [6, 6.07) is 12.0. The first-order valence-electron chi connectivity index (χ1n) is 6.99. The minimum atomic E-state index is -0.265. The standard InChI is InChI=1S/C17H17FN2O/c1-11(2)20-15-10-13(18)7-8-14(15)19-17(20)9-12-5-3-4-6-16(12)21/h3-8,10-11,21H,9H2,1-2H3. The number of aromatic nitrogens is 2. The van der Waals surface area contributed by atoms with Gasteiger partial charge in [0.15, 0.2) is 0 Å². The smallest absolute Gasteiger partial charge is 0.125 e. The molecule has 0 amide bonds. The maximum Gasteiger partial charge on any atom is 0.125 e. The molecule has 1 heterocycles. The molecule has 0 unspecified atom stereocenters. The molecule has 21 heavy (non-hydrogen) atoms. The number of para-hydroxylation sites is 1. The van der Waals surface area contributed by atoms with E-state index in [1.54, 1.807) is 18.2 Å². The summed E-state index contributed by atoms with van der Waals surface area (Å²) in [6.07, 6.45) is 0.515. The second-order valence-electron chi connectivity index (χ2n) is 5.43. The molecule has 2 aromatic carbocycles. The molecule has 0 saturated carbocycles. The summed E-state index contributed by atoms with van der Waals surface area (Å²) in [6.45, 7) is 4.08. The average Bonchev–Trinajstić information content (AvgIpc) is 2.78. The first-order valence-corrected chi connectivity index (χ1v) is 6.99.